The number of carbonyl (C=O) groups is 4. The first-order chi connectivity index (χ1) is 29.0. The van der Waals surface area contributed by atoms with Gasteiger partial charge in [-0.2, -0.15) is 27.8 Å². The largest absolute Gasteiger partial charge is 0.446 e. The van der Waals surface area contributed by atoms with E-state index in [2.05, 4.69) is 20.5 Å². The van der Waals surface area contributed by atoms with E-state index in [1.807, 2.05) is 45.8 Å². The topological polar surface area (TPSA) is 186 Å². The molecule has 0 spiro atoms. The molecule has 5 atom stereocenters. The molecule has 4 aromatic rings. The molecule has 2 unspecified atom stereocenters. The highest BCUT2D eigenvalue weighted by molar-refractivity contribution is 7.89. The van der Waals surface area contributed by atoms with Gasteiger partial charge < -0.3 is 20.3 Å². The van der Waals surface area contributed by atoms with Crippen LogP contribution in [0.1, 0.15) is 82.2 Å². The fourth-order valence-electron chi connectivity index (χ4n) is 8.72. The Kier molecular flexibility index (Phi) is 12.4. The number of nitrogens with zero attached hydrogens (tertiary/aromatic N) is 3. The molecule has 316 valence electrons. The van der Waals surface area contributed by atoms with Crippen molar-refractivity contribution in [3.8, 4) is 22.3 Å². The number of amides is 4. The monoisotopic (exact) mass is 872 g/mol. The molecule has 3 fully saturated rings. The predicted molar refractivity (Wildman–Crippen MR) is 228 cm³/mol. The van der Waals surface area contributed by atoms with Crippen molar-refractivity contribution in [1.29, 1.82) is 0 Å². The van der Waals surface area contributed by atoms with Crippen molar-refractivity contribution in [2.45, 2.75) is 106 Å². The van der Waals surface area contributed by atoms with Crippen LogP contribution in [0.2, 0.25) is 0 Å². The number of nitrogens with one attached hydrogen (secondary N) is 3. The zero-order chi connectivity index (χ0) is 41.9. The molecule has 2 saturated carbocycles. The molecule has 2 aliphatic carbocycles. The summed E-state index contributed by atoms with van der Waals surface area (Å²) in [5.41, 5.74) is 1.16. The van der Waals surface area contributed by atoms with Gasteiger partial charge in [0.15, 0.2) is 0 Å². The number of hydrogen-bond donors (Lipinski definition) is 3. The van der Waals surface area contributed by atoms with E-state index in [4.69, 9.17) is 4.74 Å². The summed E-state index contributed by atoms with van der Waals surface area (Å²) in [7, 11) is -4.16. The fraction of sp³-hybridized carbons (Fsp3) is 0.442. The van der Waals surface area contributed by atoms with Gasteiger partial charge in [0.25, 0.3) is 11.5 Å². The smallest absolute Gasteiger partial charge is 0.408 e. The normalized spacial score (nSPS) is 25.6. The zero-order valence-electron chi connectivity index (χ0n) is 33.0. The third-order valence-electron chi connectivity index (χ3n) is 12.0. The van der Waals surface area contributed by atoms with Gasteiger partial charge >= 0.3 is 6.09 Å². The van der Waals surface area contributed by atoms with Gasteiger partial charge in [-0.3, -0.25) is 23.9 Å². The number of fused-ring (bicyclic) bond motifs is 2. The van der Waals surface area contributed by atoms with Crippen molar-refractivity contribution >= 4 is 56.5 Å². The minimum atomic E-state index is -4.16. The zero-order valence-corrected chi connectivity index (χ0v) is 35.4. The van der Waals surface area contributed by atoms with Crippen LogP contribution < -0.4 is 20.9 Å². The van der Waals surface area contributed by atoms with Crippen LogP contribution in [0, 0.1) is 5.92 Å². The highest BCUT2D eigenvalue weighted by Crippen LogP contribution is 2.46. The lowest BCUT2D eigenvalue weighted by Crippen LogP contribution is -2.58. The van der Waals surface area contributed by atoms with E-state index in [1.54, 1.807) is 36.5 Å². The Morgan fingerprint density at radius 3 is 2.40 bits per heavy atom. The van der Waals surface area contributed by atoms with Crippen molar-refractivity contribution in [2.75, 3.05) is 6.54 Å². The van der Waals surface area contributed by atoms with Gasteiger partial charge in [-0.25, -0.2) is 17.9 Å². The van der Waals surface area contributed by atoms with Crippen molar-refractivity contribution in [2.24, 2.45) is 5.92 Å². The number of hydrogen-bond acceptors (Lipinski definition) is 11. The van der Waals surface area contributed by atoms with Crippen LogP contribution in [0.25, 0.3) is 22.3 Å². The molecule has 14 nitrogen and oxygen atoms in total. The molecule has 3 N–H and O–H groups in total. The first-order valence-corrected chi connectivity index (χ1v) is 24.1. The fourth-order valence-corrected chi connectivity index (χ4v) is 11.2. The van der Waals surface area contributed by atoms with E-state index in [9.17, 15) is 32.4 Å². The molecular weight excluding hydrogens is 825 g/mol. The van der Waals surface area contributed by atoms with Crippen LogP contribution in [0.3, 0.4) is 0 Å². The summed E-state index contributed by atoms with van der Waals surface area (Å²) in [4.78, 5) is 72.7. The molecule has 2 aliphatic heterocycles. The van der Waals surface area contributed by atoms with Crippen molar-refractivity contribution < 1.29 is 32.3 Å². The molecule has 17 heteroatoms. The van der Waals surface area contributed by atoms with E-state index in [0.29, 0.717) is 36.0 Å². The molecule has 60 heavy (non-hydrogen) atoms. The van der Waals surface area contributed by atoms with E-state index in [0.717, 1.165) is 49.7 Å². The van der Waals surface area contributed by atoms with Gasteiger partial charge in [0, 0.05) is 24.4 Å². The van der Waals surface area contributed by atoms with Crippen LogP contribution in [0.5, 0.6) is 0 Å². The number of benzene rings is 1. The molecule has 5 heterocycles. The Morgan fingerprint density at radius 2 is 1.67 bits per heavy atom. The summed E-state index contributed by atoms with van der Waals surface area (Å²) in [6, 6.07) is 9.26. The number of rotatable bonds is 9. The Morgan fingerprint density at radius 1 is 0.933 bits per heavy atom. The van der Waals surface area contributed by atoms with Crippen LogP contribution in [0.4, 0.5) is 4.79 Å². The number of ether oxygens (including phenoxy) is 1. The summed E-state index contributed by atoms with van der Waals surface area (Å²) >= 11 is 2.95. The molecule has 1 aromatic carbocycles. The van der Waals surface area contributed by atoms with Gasteiger partial charge in [-0.1, -0.05) is 55.3 Å². The van der Waals surface area contributed by atoms with Gasteiger partial charge in [0.05, 0.1) is 23.6 Å². The molecule has 0 bridgehead atoms. The first kappa shape index (κ1) is 41.6. The second-order valence-corrected chi connectivity index (χ2v) is 19.4. The molecule has 4 amide bonds. The average Bonchev–Trinajstić information content (AvgIpc) is 3.92. The number of thiophene rings is 2. The summed E-state index contributed by atoms with van der Waals surface area (Å²) in [6.07, 6.45) is 11.1. The molecule has 8 rings (SSSR count). The maximum Gasteiger partial charge on any atom is 0.408 e. The minimum absolute atomic E-state index is 0.0326. The number of carbonyl (C=O) groups excluding carboxylic acids is 4. The van der Waals surface area contributed by atoms with E-state index in [1.165, 1.54) is 32.3 Å². The van der Waals surface area contributed by atoms with Crippen molar-refractivity contribution in [3.05, 3.63) is 98.3 Å². The first-order valence-electron chi connectivity index (χ1n) is 20.5. The summed E-state index contributed by atoms with van der Waals surface area (Å²) < 4.78 is 35.8. The molecule has 1 saturated heterocycles. The van der Waals surface area contributed by atoms with Gasteiger partial charge in [0.1, 0.15) is 23.7 Å². The van der Waals surface area contributed by atoms with Crippen molar-refractivity contribution in [3.63, 3.8) is 0 Å². The number of alkyl carbamates (subject to hydrolysis) is 1. The average molecular weight is 873 g/mol. The standard InChI is InChI=1S/C43H48N6O8S3/c50-38-36-21-32(49-40(52)37(30-18-20-59-26-30)34(23-44-49)29-17-19-58-25-29)24-48(36)39(51)35(45-42(54)57-33-14-9-10-15-33)16-8-3-1-2-7-13-31-22-43(31,46-38)41(53)47-60(55,56)27-28-11-5-4-6-12-28/h4-7,11-13,17-20,23,25-26,31-33,35-36H,1-3,8-10,14-16,21-22,24,27H2,(H,45,54)(H,46,50)(H,47,53)/b13-7-/t31?,32-,35?,36+,43-/m1/s1. The minimum Gasteiger partial charge on any atom is -0.446 e. The van der Waals surface area contributed by atoms with E-state index >= 15 is 0 Å². The molecule has 0 radical (unpaired) electrons. The van der Waals surface area contributed by atoms with Crippen LogP contribution >= 0.6 is 22.7 Å². The Labute approximate surface area is 356 Å². The van der Waals surface area contributed by atoms with Crippen LogP contribution in [-0.2, 0) is 34.9 Å². The summed E-state index contributed by atoms with van der Waals surface area (Å²) in [5.74, 6) is -3.00. The van der Waals surface area contributed by atoms with E-state index in [-0.39, 0.29) is 31.0 Å². The molecule has 4 aliphatic rings. The summed E-state index contributed by atoms with van der Waals surface area (Å²) in [6.45, 7) is -0.0888. The Bertz CT molecular complexity index is 2400. The lowest BCUT2D eigenvalue weighted by atomic mass is 10.0. The Balaban J connectivity index is 1.13. The van der Waals surface area contributed by atoms with Crippen LogP contribution in [-0.4, -0.2) is 77.2 Å². The van der Waals surface area contributed by atoms with Gasteiger partial charge in [0.2, 0.25) is 21.8 Å². The SMILES string of the molecule is O=C(NC1CCCCC/C=C\C2C[C@@]2(C(=O)NS(=O)(=O)Cc2ccccc2)NC(=O)[C@@H]2C[C@@H](n3ncc(-c4ccsc4)c(-c4ccsc4)c3=O)CN2C1=O)OC1CCCC1. The second kappa shape index (κ2) is 17.8. The second-order valence-electron chi connectivity index (χ2n) is 16.1. The number of allylic oxidation sites excluding steroid dienone is 1. The Hall–Kier alpha value is -5.13. The van der Waals surface area contributed by atoms with Gasteiger partial charge in [-0.15, -0.1) is 0 Å². The predicted octanol–water partition coefficient (Wildman–Crippen LogP) is 5.92. The lowest BCUT2D eigenvalue weighted by molar-refractivity contribution is -0.141. The highest BCUT2D eigenvalue weighted by atomic mass is 32.2. The third kappa shape index (κ3) is 9.12. The lowest BCUT2D eigenvalue weighted by Gasteiger charge is -2.30. The molecular formula is C43H48N6O8S3. The number of aromatic nitrogens is 2. The third-order valence-corrected chi connectivity index (χ3v) is 14.5. The summed E-state index contributed by atoms with van der Waals surface area (Å²) in [5, 5.41) is 18.0. The van der Waals surface area contributed by atoms with E-state index < -0.39 is 69.2 Å². The maximum atomic E-state index is 14.8. The highest BCUT2D eigenvalue weighted by Gasteiger charge is 2.61. The maximum absolute atomic E-state index is 14.8. The van der Waals surface area contributed by atoms with Crippen LogP contribution in [0.15, 0.2) is 87.1 Å². The van der Waals surface area contributed by atoms with Crippen molar-refractivity contribution in [1.82, 2.24) is 30.0 Å². The van der Waals surface area contributed by atoms with Gasteiger partial charge in [-0.05, 0) is 102 Å². The molecule has 3 aromatic heterocycles. The quantitative estimate of drug-likeness (QED) is 0.172. The number of sulfonamides is 1.